The molecule has 158 valence electrons. The molecule has 0 amide bonds. The van der Waals surface area contributed by atoms with Gasteiger partial charge in [-0.2, -0.15) is 0 Å². The molecule has 4 nitrogen and oxygen atoms in total. The lowest BCUT2D eigenvalue weighted by molar-refractivity contribution is 0.0742. The number of ether oxygens (including phenoxy) is 1. The Morgan fingerprint density at radius 2 is 1.82 bits per heavy atom. The molecule has 0 aromatic heterocycles. The average Bonchev–Trinajstić information content (AvgIpc) is 3.22. The maximum atomic E-state index is 10.9. The van der Waals surface area contributed by atoms with Crippen LogP contribution in [-0.2, 0) is 4.74 Å². The Kier molecular flexibility index (Phi) is 6.31. The third-order valence-electron chi connectivity index (χ3n) is 7.91. The van der Waals surface area contributed by atoms with Gasteiger partial charge in [0.25, 0.3) is 8.32 Å². The quantitative estimate of drug-likeness (QED) is 0.602. The highest BCUT2D eigenvalue weighted by Crippen LogP contribution is 2.47. The van der Waals surface area contributed by atoms with E-state index in [1.54, 1.807) is 0 Å². The Bertz CT molecular complexity index is 672. The summed E-state index contributed by atoms with van der Waals surface area (Å²) >= 11 is 0. The van der Waals surface area contributed by atoms with Gasteiger partial charge in [-0.3, -0.25) is 0 Å². The van der Waals surface area contributed by atoms with Crippen LogP contribution in [0.15, 0.2) is 24.3 Å². The van der Waals surface area contributed by atoms with Crippen molar-refractivity contribution in [1.82, 2.24) is 0 Å². The van der Waals surface area contributed by atoms with E-state index in [-0.39, 0.29) is 35.7 Å². The van der Waals surface area contributed by atoms with Crippen LogP contribution in [0, 0.1) is 17.8 Å². The SMILES string of the molecule is CC(C)C(C)(C)[Si](C)(C)Oc1cccc(C(O)C[C@@H]2[C@H](CO)[C@H]3CC[C@@H]2O3)c1. The van der Waals surface area contributed by atoms with Gasteiger partial charge >= 0.3 is 0 Å². The second-order valence-electron chi connectivity index (χ2n) is 10.1. The third-order valence-corrected chi connectivity index (χ3v) is 12.3. The van der Waals surface area contributed by atoms with E-state index < -0.39 is 14.4 Å². The van der Waals surface area contributed by atoms with E-state index in [4.69, 9.17) is 9.16 Å². The summed E-state index contributed by atoms with van der Waals surface area (Å²) in [5.74, 6) is 1.78. The minimum absolute atomic E-state index is 0.135. The van der Waals surface area contributed by atoms with E-state index in [0.29, 0.717) is 12.3 Å². The maximum Gasteiger partial charge on any atom is 0.251 e. The zero-order chi connectivity index (χ0) is 20.7. The number of rotatable bonds is 8. The molecule has 3 rings (SSSR count). The summed E-state index contributed by atoms with van der Waals surface area (Å²) in [6.07, 6.45) is 2.52. The van der Waals surface area contributed by atoms with Gasteiger partial charge in [-0.25, -0.2) is 0 Å². The van der Waals surface area contributed by atoms with Gasteiger partial charge in [0.15, 0.2) is 0 Å². The summed E-state index contributed by atoms with van der Waals surface area (Å²) in [6, 6.07) is 7.94. The monoisotopic (exact) mass is 406 g/mol. The fourth-order valence-corrected chi connectivity index (χ4v) is 7.12. The van der Waals surface area contributed by atoms with Gasteiger partial charge in [0.2, 0.25) is 0 Å². The molecule has 2 heterocycles. The fourth-order valence-electron chi connectivity index (χ4n) is 4.75. The van der Waals surface area contributed by atoms with Gasteiger partial charge in [0, 0.05) is 12.5 Å². The molecular formula is C23H38O4Si. The standard InChI is InChI=1S/C23H38O4Si/c1-15(2)23(3,4)28(5,6)27-17-9-7-8-16(12-17)20(25)13-18-19(14-24)22-11-10-21(18)26-22/h7-9,12,15,18-22,24-25H,10-11,13-14H2,1-6H3/t18-,19+,20?,21+,22-/m1/s1. The van der Waals surface area contributed by atoms with E-state index in [9.17, 15) is 10.2 Å². The molecule has 28 heavy (non-hydrogen) atoms. The van der Waals surface area contributed by atoms with Crippen molar-refractivity contribution in [2.45, 2.75) is 83.4 Å². The molecule has 5 heteroatoms. The van der Waals surface area contributed by atoms with Gasteiger partial charge in [-0.1, -0.05) is 39.8 Å². The normalized spacial score (nSPS) is 28.8. The number of hydrogen-bond acceptors (Lipinski definition) is 4. The van der Waals surface area contributed by atoms with Crippen LogP contribution in [0.5, 0.6) is 5.75 Å². The van der Waals surface area contributed by atoms with Crippen molar-refractivity contribution < 1.29 is 19.4 Å². The van der Waals surface area contributed by atoms with E-state index in [1.807, 2.05) is 24.3 Å². The molecule has 2 fully saturated rings. The lowest BCUT2D eigenvalue weighted by atomic mass is 9.76. The van der Waals surface area contributed by atoms with Crippen molar-refractivity contribution in [3.63, 3.8) is 0 Å². The Labute approximate surface area is 171 Å². The number of aliphatic hydroxyl groups is 2. The first kappa shape index (κ1) is 21.8. The molecule has 2 aliphatic rings. The number of hydrogen-bond donors (Lipinski definition) is 2. The van der Waals surface area contributed by atoms with Crippen molar-refractivity contribution in [2.24, 2.45) is 17.8 Å². The van der Waals surface area contributed by atoms with Gasteiger partial charge in [0.05, 0.1) is 18.3 Å². The second-order valence-corrected chi connectivity index (χ2v) is 14.6. The Balaban J connectivity index is 1.71. The molecular weight excluding hydrogens is 368 g/mol. The molecule has 0 spiro atoms. The van der Waals surface area contributed by atoms with Gasteiger partial charge < -0.3 is 19.4 Å². The van der Waals surface area contributed by atoms with Crippen molar-refractivity contribution in [3.05, 3.63) is 29.8 Å². The Morgan fingerprint density at radius 1 is 1.18 bits per heavy atom. The zero-order valence-corrected chi connectivity index (χ0v) is 19.3. The van der Waals surface area contributed by atoms with Crippen LogP contribution in [-0.4, -0.2) is 37.3 Å². The highest BCUT2D eigenvalue weighted by molar-refractivity contribution is 6.74. The molecule has 2 bridgehead atoms. The van der Waals surface area contributed by atoms with Crippen LogP contribution in [0.4, 0.5) is 0 Å². The van der Waals surface area contributed by atoms with E-state index in [2.05, 4.69) is 40.8 Å². The Morgan fingerprint density at radius 3 is 2.43 bits per heavy atom. The minimum Gasteiger partial charge on any atom is -0.543 e. The van der Waals surface area contributed by atoms with Crippen LogP contribution in [0.2, 0.25) is 18.1 Å². The first-order valence-corrected chi connectivity index (χ1v) is 13.7. The van der Waals surface area contributed by atoms with Crippen LogP contribution in [0.1, 0.15) is 58.6 Å². The first-order valence-electron chi connectivity index (χ1n) is 10.8. The molecule has 0 radical (unpaired) electrons. The van der Waals surface area contributed by atoms with Gasteiger partial charge in [-0.05, 0) is 66.9 Å². The topological polar surface area (TPSA) is 58.9 Å². The lowest BCUT2D eigenvalue weighted by Crippen LogP contribution is -2.47. The molecule has 0 saturated carbocycles. The summed E-state index contributed by atoms with van der Waals surface area (Å²) in [5.41, 5.74) is 0.893. The molecule has 0 aliphatic carbocycles. The highest BCUT2D eigenvalue weighted by atomic mass is 28.4. The highest BCUT2D eigenvalue weighted by Gasteiger charge is 2.49. The van der Waals surface area contributed by atoms with Crippen molar-refractivity contribution in [3.8, 4) is 5.75 Å². The van der Waals surface area contributed by atoms with Crippen molar-refractivity contribution in [2.75, 3.05) is 6.61 Å². The smallest absolute Gasteiger partial charge is 0.251 e. The second kappa shape index (κ2) is 8.09. The lowest BCUT2D eigenvalue weighted by Gasteiger charge is -2.42. The fraction of sp³-hybridized carbons (Fsp3) is 0.739. The molecule has 2 aliphatic heterocycles. The molecule has 5 atom stereocenters. The van der Waals surface area contributed by atoms with Gasteiger partial charge in [-0.15, -0.1) is 0 Å². The zero-order valence-electron chi connectivity index (χ0n) is 18.3. The predicted molar refractivity (Wildman–Crippen MR) is 115 cm³/mol. The van der Waals surface area contributed by atoms with E-state index in [0.717, 1.165) is 24.2 Å². The summed E-state index contributed by atoms with van der Waals surface area (Å²) in [6.45, 7) is 13.8. The molecule has 1 unspecified atom stereocenters. The van der Waals surface area contributed by atoms with E-state index >= 15 is 0 Å². The summed E-state index contributed by atoms with van der Waals surface area (Å²) in [4.78, 5) is 0. The summed E-state index contributed by atoms with van der Waals surface area (Å²) < 4.78 is 12.5. The number of aliphatic hydroxyl groups excluding tert-OH is 2. The maximum absolute atomic E-state index is 10.9. The molecule has 2 saturated heterocycles. The number of benzene rings is 1. The minimum atomic E-state index is -1.99. The molecule has 2 N–H and O–H groups in total. The summed E-state index contributed by atoms with van der Waals surface area (Å²) in [5, 5.41) is 20.8. The molecule has 1 aromatic carbocycles. The van der Waals surface area contributed by atoms with Crippen LogP contribution >= 0.6 is 0 Å². The van der Waals surface area contributed by atoms with Crippen LogP contribution in [0.25, 0.3) is 0 Å². The van der Waals surface area contributed by atoms with Crippen molar-refractivity contribution in [1.29, 1.82) is 0 Å². The van der Waals surface area contributed by atoms with Crippen LogP contribution < -0.4 is 4.43 Å². The predicted octanol–water partition coefficient (Wildman–Crippen LogP) is 4.92. The van der Waals surface area contributed by atoms with Crippen LogP contribution in [0.3, 0.4) is 0 Å². The number of fused-ring (bicyclic) bond motifs is 2. The van der Waals surface area contributed by atoms with Crippen molar-refractivity contribution >= 4 is 8.32 Å². The third kappa shape index (κ3) is 4.04. The van der Waals surface area contributed by atoms with Gasteiger partial charge in [0.1, 0.15) is 5.75 Å². The Hall–Kier alpha value is -0.883. The average molecular weight is 407 g/mol. The first-order chi connectivity index (χ1) is 13.1. The largest absolute Gasteiger partial charge is 0.543 e. The molecule has 1 aromatic rings. The summed E-state index contributed by atoms with van der Waals surface area (Å²) in [7, 11) is -1.99. The van der Waals surface area contributed by atoms with E-state index in [1.165, 1.54) is 0 Å².